The van der Waals surface area contributed by atoms with Crippen molar-refractivity contribution in [2.45, 2.75) is 39.0 Å². The summed E-state index contributed by atoms with van der Waals surface area (Å²) in [6.07, 6.45) is 1.76. The van der Waals surface area contributed by atoms with Crippen molar-refractivity contribution in [3.8, 4) is 0 Å². The summed E-state index contributed by atoms with van der Waals surface area (Å²) in [5.74, 6) is -0.115. The maximum absolute atomic E-state index is 13.1. The van der Waals surface area contributed by atoms with Crippen LogP contribution in [0.1, 0.15) is 67.4 Å². The number of thiophene rings is 1. The highest BCUT2D eigenvalue weighted by atomic mass is 32.1. The standard InChI is InChI=1S/C23H23NO3S/c1-3-27-23(26)22-17(11-15-8-5-4-7-14(15)2)21-18(24-22)12-16(13-19(21)25)20-9-6-10-28-20/h4-10,16,24H,3,11-13H2,1-2H3. The number of hydrogen-bond acceptors (Lipinski definition) is 4. The van der Waals surface area contributed by atoms with E-state index in [-0.39, 0.29) is 17.7 Å². The Morgan fingerprint density at radius 1 is 1.21 bits per heavy atom. The van der Waals surface area contributed by atoms with Gasteiger partial charge in [-0.3, -0.25) is 4.79 Å². The molecule has 2 aromatic heterocycles. The molecule has 5 heteroatoms. The zero-order valence-electron chi connectivity index (χ0n) is 16.1. The average Bonchev–Trinajstić information content (AvgIpc) is 3.32. The lowest BCUT2D eigenvalue weighted by molar-refractivity contribution is 0.0519. The minimum Gasteiger partial charge on any atom is -0.461 e. The van der Waals surface area contributed by atoms with Crippen molar-refractivity contribution >= 4 is 23.1 Å². The number of H-pyrrole nitrogens is 1. The summed E-state index contributed by atoms with van der Waals surface area (Å²) in [5, 5.41) is 2.04. The molecule has 1 aromatic carbocycles. The third kappa shape index (κ3) is 3.42. The zero-order valence-corrected chi connectivity index (χ0v) is 16.9. The van der Waals surface area contributed by atoms with E-state index in [4.69, 9.17) is 4.74 Å². The SMILES string of the molecule is CCOC(=O)c1[nH]c2c(c1Cc1ccccc1C)C(=O)CC(c1cccs1)C2. The van der Waals surface area contributed by atoms with Gasteiger partial charge >= 0.3 is 5.97 Å². The van der Waals surface area contributed by atoms with Crippen molar-refractivity contribution in [1.29, 1.82) is 0 Å². The van der Waals surface area contributed by atoms with Gasteiger partial charge in [0.15, 0.2) is 5.78 Å². The molecular formula is C23H23NO3S. The van der Waals surface area contributed by atoms with Gasteiger partial charge in [0.1, 0.15) is 5.69 Å². The van der Waals surface area contributed by atoms with Crippen molar-refractivity contribution in [3.63, 3.8) is 0 Å². The van der Waals surface area contributed by atoms with E-state index < -0.39 is 0 Å². The smallest absolute Gasteiger partial charge is 0.355 e. The molecular weight excluding hydrogens is 370 g/mol. The fourth-order valence-corrected chi connectivity index (χ4v) is 4.84. The summed E-state index contributed by atoms with van der Waals surface area (Å²) in [5.41, 5.74) is 5.02. The Bertz CT molecular complexity index is 1020. The predicted molar refractivity (Wildman–Crippen MR) is 110 cm³/mol. The number of esters is 1. The number of ketones is 1. The van der Waals surface area contributed by atoms with Gasteiger partial charge in [-0.05, 0) is 48.4 Å². The Balaban J connectivity index is 1.77. The van der Waals surface area contributed by atoms with Crippen LogP contribution < -0.4 is 0 Å². The maximum Gasteiger partial charge on any atom is 0.355 e. The minimum atomic E-state index is -0.388. The van der Waals surface area contributed by atoms with E-state index in [9.17, 15) is 9.59 Å². The molecule has 1 aliphatic carbocycles. The number of fused-ring (bicyclic) bond motifs is 1. The van der Waals surface area contributed by atoms with Gasteiger partial charge < -0.3 is 9.72 Å². The first-order valence-electron chi connectivity index (χ1n) is 9.60. The highest BCUT2D eigenvalue weighted by Gasteiger charge is 2.34. The first-order chi connectivity index (χ1) is 13.6. The molecule has 1 N–H and O–H groups in total. The van der Waals surface area contributed by atoms with Crippen LogP contribution >= 0.6 is 11.3 Å². The minimum absolute atomic E-state index is 0.107. The number of nitrogens with one attached hydrogen (secondary N) is 1. The fourth-order valence-electron chi connectivity index (χ4n) is 4.01. The fraction of sp³-hybridized carbons (Fsp3) is 0.304. The number of aromatic amines is 1. The maximum atomic E-state index is 13.1. The first-order valence-corrected chi connectivity index (χ1v) is 10.5. The third-order valence-corrected chi connectivity index (χ3v) is 6.43. The van der Waals surface area contributed by atoms with E-state index in [1.807, 2.05) is 42.6 Å². The molecule has 0 saturated heterocycles. The van der Waals surface area contributed by atoms with Crippen molar-refractivity contribution in [3.05, 3.63) is 80.3 Å². The molecule has 28 heavy (non-hydrogen) atoms. The monoisotopic (exact) mass is 393 g/mol. The second-order valence-electron chi connectivity index (χ2n) is 7.20. The van der Waals surface area contributed by atoms with E-state index in [0.29, 0.717) is 30.7 Å². The van der Waals surface area contributed by atoms with E-state index in [0.717, 1.165) is 28.8 Å². The Labute approximate surface area is 168 Å². The van der Waals surface area contributed by atoms with Crippen LogP contribution in [0.3, 0.4) is 0 Å². The van der Waals surface area contributed by atoms with Crippen molar-refractivity contribution in [2.24, 2.45) is 0 Å². The molecule has 0 spiro atoms. The normalized spacial score (nSPS) is 16.1. The van der Waals surface area contributed by atoms with Gasteiger partial charge in [0, 0.05) is 34.9 Å². The Hall–Kier alpha value is -2.66. The van der Waals surface area contributed by atoms with Gasteiger partial charge in [-0.2, -0.15) is 0 Å². The number of carbonyl (C=O) groups is 2. The van der Waals surface area contributed by atoms with Crippen molar-refractivity contribution < 1.29 is 14.3 Å². The van der Waals surface area contributed by atoms with Gasteiger partial charge in [0.2, 0.25) is 0 Å². The van der Waals surface area contributed by atoms with Crippen LogP contribution in [0, 0.1) is 6.92 Å². The summed E-state index contributed by atoms with van der Waals surface area (Å²) in [6, 6.07) is 12.2. The topological polar surface area (TPSA) is 59.2 Å². The molecule has 0 amide bonds. The number of benzene rings is 1. The quantitative estimate of drug-likeness (QED) is 0.616. The zero-order chi connectivity index (χ0) is 19.7. The summed E-state index contributed by atoms with van der Waals surface area (Å²) in [6.45, 7) is 4.14. The molecule has 0 bridgehead atoms. The highest BCUT2D eigenvalue weighted by Crippen LogP contribution is 2.38. The van der Waals surface area contributed by atoms with Crippen LogP contribution in [0.4, 0.5) is 0 Å². The number of aromatic nitrogens is 1. The molecule has 0 radical (unpaired) electrons. The van der Waals surface area contributed by atoms with Gasteiger partial charge in [0.05, 0.1) is 6.61 Å². The Morgan fingerprint density at radius 3 is 2.75 bits per heavy atom. The van der Waals surface area contributed by atoms with Crippen LogP contribution in [0.2, 0.25) is 0 Å². The summed E-state index contributed by atoms with van der Waals surface area (Å²) < 4.78 is 5.27. The number of aryl methyl sites for hydroxylation is 1. The third-order valence-electron chi connectivity index (χ3n) is 5.40. The molecule has 1 unspecified atom stereocenters. The number of Topliss-reactive ketones (excluding diaryl/α,β-unsaturated/α-hetero) is 1. The lowest BCUT2D eigenvalue weighted by Gasteiger charge is -2.21. The summed E-state index contributed by atoms with van der Waals surface area (Å²) in [7, 11) is 0. The molecule has 2 heterocycles. The molecule has 4 nitrogen and oxygen atoms in total. The Kier molecular flexibility index (Phi) is 5.18. The van der Waals surface area contributed by atoms with Crippen LogP contribution in [0.25, 0.3) is 0 Å². The summed E-state index contributed by atoms with van der Waals surface area (Å²) in [4.78, 5) is 30.2. The lowest BCUT2D eigenvalue weighted by atomic mass is 9.83. The average molecular weight is 394 g/mol. The molecule has 1 atom stereocenters. The Morgan fingerprint density at radius 2 is 2.04 bits per heavy atom. The largest absolute Gasteiger partial charge is 0.461 e. The molecule has 3 aromatic rings. The number of hydrogen-bond donors (Lipinski definition) is 1. The van der Waals surface area contributed by atoms with Crippen LogP contribution in [-0.4, -0.2) is 23.3 Å². The van der Waals surface area contributed by atoms with Gasteiger partial charge in [-0.25, -0.2) is 4.79 Å². The summed E-state index contributed by atoms with van der Waals surface area (Å²) >= 11 is 1.68. The lowest BCUT2D eigenvalue weighted by Crippen LogP contribution is -2.18. The molecule has 0 fully saturated rings. The molecule has 4 rings (SSSR count). The van der Waals surface area contributed by atoms with E-state index >= 15 is 0 Å². The van der Waals surface area contributed by atoms with E-state index in [2.05, 4.69) is 11.1 Å². The van der Waals surface area contributed by atoms with Crippen molar-refractivity contribution in [1.82, 2.24) is 4.98 Å². The molecule has 144 valence electrons. The highest BCUT2D eigenvalue weighted by molar-refractivity contribution is 7.10. The van der Waals surface area contributed by atoms with E-state index in [1.54, 1.807) is 18.3 Å². The first kappa shape index (κ1) is 18.7. The molecule has 0 aliphatic heterocycles. The van der Waals surface area contributed by atoms with Gasteiger partial charge in [-0.15, -0.1) is 11.3 Å². The number of ether oxygens (including phenoxy) is 1. The molecule has 0 saturated carbocycles. The van der Waals surface area contributed by atoms with Crippen LogP contribution in [-0.2, 0) is 17.6 Å². The number of rotatable bonds is 5. The van der Waals surface area contributed by atoms with Gasteiger partial charge in [0.25, 0.3) is 0 Å². The molecule has 1 aliphatic rings. The second kappa shape index (κ2) is 7.76. The van der Waals surface area contributed by atoms with E-state index in [1.165, 1.54) is 4.88 Å². The second-order valence-corrected chi connectivity index (χ2v) is 8.18. The van der Waals surface area contributed by atoms with Gasteiger partial charge in [-0.1, -0.05) is 30.3 Å². The predicted octanol–water partition coefficient (Wildman–Crippen LogP) is 5.06. The van der Waals surface area contributed by atoms with Crippen molar-refractivity contribution in [2.75, 3.05) is 6.61 Å². The van der Waals surface area contributed by atoms with Crippen LogP contribution in [0.15, 0.2) is 41.8 Å². The van der Waals surface area contributed by atoms with Crippen LogP contribution in [0.5, 0.6) is 0 Å². The number of carbonyl (C=O) groups excluding carboxylic acids is 2.